The van der Waals surface area contributed by atoms with Gasteiger partial charge in [0.2, 0.25) is 0 Å². The van der Waals surface area contributed by atoms with Crippen LogP contribution in [0, 0.1) is 0 Å². The summed E-state index contributed by atoms with van der Waals surface area (Å²) in [5.74, 6) is -0.702. The molecule has 120 valence electrons. The quantitative estimate of drug-likeness (QED) is 0.630. The van der Waals surface area contributed by atoms with E-state index in [1.807, 2.05) is 5.38 Å². The third-order valence-corrected chi connectivity index (χ3v) is 4.84. The molecule has 3 rings (SSSR count). The van der Waals surface area contributed by atoms with E-state index in [2.05, 4.69) is 5.10 Å². The maximum absolute atomic E-state index is 11.9. The molecular weight excluding hydrogens is 340 g/mol. The molecule has 0 bridgehead atoms. The minimum absolute atomic E-state index is 0.150. The van der Waals surface area contributed by atoms with Crippen LogP contribution >= 0.6 is 11.3 Å². The van der Waals surface area contributed by atoms with Crippen LogP contribution in [0.15, 0.2) is 57.1 Å². The van der Waals surface area contributed by atoms with Gasteiger partial charge in [0.1, 0.15) is 11.5 Å². The zero-order valence-electron chi connectivity index (χ0n) is 11.8. The first-order chi connectivity index (χ1) is 11.0. The first-order valence-corrected chi connectivity index (χ1v) is 9.08. The highest BCUT2D eigenvalue weighted by Gasteiger charge is 2.17. The van der Waals surface area contributed by atoms with Crippen LogP contribution in [0.5, 0.6) is 5.75 Å². The van der Waals surface area contributed by atoms with E-state index in [4.69, 9.17) is 8.60 Å². The molecular formula is C14H12N2O5S2. The lowest BCUT2D eigenvalue weighted by Gasteiger charge is -2.05. The summed E-state index contributed by atoms with van der Waals surface area (Å²) in [5, 5.41) is 5.82. The zero-order chi connectivity index (χ0) is 16.3. The minimum atomic E-state index is -3.83. The molecule has 0 radical (unpaired) electrons. The second kappa shape index (κ2) is 6.39. The number of rotatable bonds is 6. The van der Waals surface area contributed by atoms with E-state index in [1.165, 1.54) is 23.5 Å². The molecule has 2 aromatic heterocycles. The fourth-order valence-electron chi connectivity index (χ4n) is 1.81. The average molecular weight is 352 g/mol. The molecule has 3 aromatic rings. The van der Waals surface area contributed by atoms with Crippen molar-refractivity contribution < 1.29 is 17.0 Å². The summed E-state index contributed by atoms with van der Waals surface area (Å²) in [6.45, 7) is -0.150. The largest absolute Gasteiger partial charge is 0.437 e. The zero-order valence-corrected chi connectivity index (χ0v) is 13.4. The number of benzene rings is 1. The number of thiophene rings is 1. The van der Waals surface area contributed by atoms with Crippen molar-refractivity contribution in [2.45, 2.75) is 6.54 Å². The lowest BCUT2D eigenvalue weighted by Crippen LogP contribution is -2.24. The van der Waals surface area contributed by atoms with Crippen LogP contribution in [0.3, 0.4) is 0 Å². The minimum Gasteiger partial charge on any atom is -0.387 e. The third-order valence-electron chi connectivity index (χ3n) is 2.86. The molecule has 23 heavy (non-hydrogen) atoms. The Morgan fingerprint density at radius 1 is 1.17 bits per heavy atom. The van der Waals surface area contributed by atoms with Gasteiger partial charge in [0.05, 0.1) is 11.4 Å². The van der Waals surface area contributed by atoms with Crippen LogP contribution in [-0.4, -0.2) is 24.0 Å². The van der Waals surface area contributed by atoms with Gasteiger partial charge < -0.3 is 8.60 Å². The van der Waals surface area contributed by atoms with Gasteiger partial charge in [-0.2, -0.15) is 13.1 Å². The average Bonchev–Trinajstić information content (AvgIpc) is 3.15. The van der Waals surface area contributed by atoms with Gasteiger partial charge in [-0.1, -0.05) is 24.3 Å². The molecule has 0 fully saturated rings. The normalized spacial score (nSPS) is 11.5. The van der Waals surface area contributed by atoms with E-state index in [0.29, 0.717) is 4.88 Å². The molecule has 0 atom stereocenters. The molecule has 0 saturated carbocycles. The second-order valence-corrected chi connectivity index (χ2v) is 7.17. The van der Waals surface area contributed by atoms with Crippen molar-refractivity contribution in [2.24, 2.45) is 0 Å². The number of aromatic nitrogens is 2. The van der Waals surface area contributed by atoms with Gasteiger partial charge in [0.15, 0.2) is 0 Å². The Morgan fingerprint density at radius 3 is 2.65 bits per heavy atom. The van der Waals surface area contributed by atoms with Crippen molar-refractivity contribution >= 4 is 21.5 Å². The van der Waals surface area contributed by atoms with Gasteiger partial charge in [0.25, 0.3) is 5.89 Å². The SMILES string of the molecule is O=c1oc(-c2cccs2)nn1CCS(=O)(=O)Oc1ccccc1. The number of hydrogen-bond acceptors (Lipinski definition) is 7. The molecule has 1 aromatic carbocycles. The molecule has 0 unspecified atom stereocenters. The van der Waals surface area contributed by atoms with Crippen LogP contribution in [0.4, 0.5) is 0 Å². The van der Waals surface area contributed by atoms with Crippen molar-refractivity contribution in [1.82, 2.24) is 9.78 Å². The summed E-state index contributed by atoms with van der Waals surface area (Å²) in [5.41, 5.74) is 0. The Balaban J connectivity index is 1.70. The summed E-state index contributed by atoms with van der Waals surface area (Å²) in [4.78, 5) is 12.4. The molecule has 7 nitrogen and oxygen atoms in total. The van der Waals surface area contributed by atoms with Gasteiger partial charge in [-0.15, -0.1) is 16.4 Å². The van der Waals surface area contributed by atoms with Crippen molar-refractivity contribution in [2.75, 3.05) is 5.75 Å². The molecule has 0 aliphatic rings. The fraction of sp³-hybridized carbons (Fsp3) is 0.143. The lowest BCUT2D eigenvalue weighted by molar-refractivity contribution is 0.467. The van der Waals surface area contributed by atoms with Crippen molar-refractivity contribution in [3.05, 3.63) is 58.4 Å². The molecule has 0 spiro atoms. The standard InChI is InChI=1S/C14H12N2O5S2/c17-14-16(15-13(20-14)12-7-4-9-22-12)8-10-23(18,19)21-11-5-2-1-3-6-11/h1-7,9H,8,10H2. The lowest BCUT2D eigenvalue weighted by atomic mass is 10.3. The Hall–Kier alpha value is -2.39. The Morgan fingerprint density at radius 2 is 1.96 bits per heavy atom. The predicted octanol–water partition coefficient (Wildman–Crippen LogP) is 1.97. The van der Waals surface area contributed by atoms with Crippen LogP contribution in [0.2, 0.25) is 0 Å². The fourth-order valence-corrected chi connectivity index (χ4v) is 3.34. The van der Waals surface area contributed by atoms with E-state index in [9.17, 15) is 13.2 Å². The number of nitrogens with zero attached hydrogens (tertiary/aromatic N) is 2. The second-order valence-electron chi connectivity index (χ2n) is 4.53. The van der Waals surface area contributed by atoms with Gasteiger partial charge in [-0.05, 0) is 23.6 Å². The number of aryl methyl sites for hydroxylation is 1. The van der Waals surface area contributed by atoms with E-state index in [1.54, 1.807) is 30.3 Å². The predicted molar refractivity (Wildman–Crippen MR) is 84.9 cm³/mol. The number of hydrogen-bond donors (Lipinski definition) is 0. The molecule has 0 aliphatic carbocycles. The van der Waals surface area contributed by atoms with E-state index < -0.39 is 21.6 Å². The Labute approximate surface area is 135 Å². The van der Waals surface area contributed by atoms with Gasteiger partial charge in [-0.3, -0.25) is 0 Å². The van der Waals surface area contributed by atoms with E-state index in [-0.39, 0.29) is 18.2 Å². The van der Waals surface area contributed by atoms with Crippen molar-refractivity contribution in [3.63, 3.8) is 0 Å². The molecule has 9 heteroatoms. The highest BCUT2D eigenvalue weighted by Crippen LogP contribution is 2.21. The summed E-state index contributed by atoms with van der Waals surface area (Å²) in [7, 11) is -3.83. The summed E-state index contributed by atoms with van der Waals surface area (Å²) in [6.07, 6.45) is 0. The first-order valence-electron chi connectivity index (χ1n) is 6.62. The highest BCUT2D eigenvalue weighted by atomic mass is 32.2. The molecule has 0 aliphatic heterocycles. The summed E-state index contributed by atoms with van der Waals surface area (Å²) in [6, 6.07) is 11.7. The molecule has 0 saturated heterocycles. The smallest absolute Gasteiger partial charge is 0.387 e. The summed E-state index contributed by atoms with van der Waals surface area (Å²) < 4.78 is 34.8. The van der Waals surface area contributed by atoms with Gasteiger partial charge in [0, 0.05) is 0 Å². The van der Waals surface area contributed by atoms with Crippen LogP contribution in [0.25, 0.3) is 10.8 Å². The Kier molecular flexibility index (Phi) is 4.30. The first kappa shape index (κ1) is 15.5. The van der Waals surface area contributed by atoms with Crippen molar-refractivity contribution in [1.29, 1.82) is 0 Å². The van der Waals surface area contributed by atoms with E-state index >= 15 is 0 Å². The van der Waals surface area contributed by atoms with Crippen LogP contribution in [-0.2, 0) is 16.7 Å². The van der Waals surface area contributed by atoms with E-state index in [0.717, 1.165) is 4.68 Å². The molecule has 2 heterocycles. The molecule has 0 N–H and O–H groups in total. The van der Waals surface area contributed by atoms with Gasteiger partial charge >= 0.3 is 15.9 Å². The van der Waals surface area contributed by atoms with Gasteiger partial charge in [-0.25, -0.2) is 4.79 Å². The monoisotopic (exact) mass is 352 g/mol. The molecule has 0 amide bonds. The van der Waals surface area contributed by atoms with Crippen molar-refractivity contribution in [3.8, 4) is 16.5 Å². The maximum Gasteiger partial charge on any atom is 0.437 e. The Bertz CT molecular complexity index is 927. The third kappa shape index (κ3) is 3.88. The summed E-state index contributed by atoms with van der Waals surface area (Å²) >= 11 is 1.37. The van der Waals surface area contributed by atoms with Crippen LogP contribution < -0.4 is 9.94 Å². The maximum atomic E-state index is 11.9. The van der Waals surface area contributed by atoms with Crippen LogP contribution in [0.1, 0.15) is 0 Å². The number of para-hydroxylation sites is 1. The topological polar surface area (TPSA) is 91.4 Å². The highest BCUT2D eigenvalue weighted by molar-refractivity contribution is 7.87.